The van der Waals surface area contributed by atoms with Crippen LogP contribution in [0, 0.1) is 5.92 Å². The lowest BCUT2D eigenvalue weighted by Gasteiger charge is -2.19. The van der Waals surface area contributed by atoms with Crippen LogP contribution in [0.25, 0.3) is 0 Å². The Kier molecular flexibility index (Phi) is 9.37. The Morgan fingerprint density at radius 2 is 1.83 bits per heavy atom. The monoisotopic (exact) mass is 319 g/mol. The summed E-state index contributed by atoms with van der Waals surface area (Å²) < 4.78 is 5.54. The minimum absolute atomic E-state index is 0.419. The standard InChI is InChI=1S/C19H33N3O/c1-6-23-14-18-10-8-7-9-17(18)13-21-19(20-5)22-16(4)12-11-15(2)3/h7-10,15-16H,6,11-14H2,1-5H3,(H2,20,21,22). The van der Waals surface area contributed by atoms with Crippen LogP contribution in [-0.4, -0.2) is 25.7 Å². The molecule has 2 N–H and O–H groups in total. The van der Waals surface area contributed by atoms with Crippen molar-refractivity contribution < 1.29 is 4.74 Å². The summed E-state index contributed by atoms with van der Waals surface area (Å²) in [5.41, 5.74) is 2.48. The van der Waals surface area contributed by atoms with Crippen LogP contribution in [0.5, 0.6) is 0 Å². The van der Waals surface area contributed by atoms with Crippen LogP contribution in [0.2, 0.25) is 0 Å². The fourth-order valence-electron chi connectivity index (χ4n) is 2.35. The van der Waals surface area contributed by atoms with Gasteiger partial charge in [0.15, 0.2) is 5.96 Å². The SMILES string of the molecule is CCOCc1ccccc1CNC(=NC)NC(C)CCC(C)C. The first-order valence-corrected chi connectivity index (χ1v) is 8.68. The number of aliphatic imine (C=N–C) groups is 1. The first-order chi connectivity index (χ1) is 11.1. The first kappa shape index (κ1) is 19.5. The van der Waals surface area contributed by atoms with E-state index in [1.165, 1.54) is 17.5 Å². The van der Waals surface area contributed by atoms with E-state index in [0.717, 1.165) is 31.4 Å². The molecule has 0 fully saturated rings. The summed E-state index contributed by atoms with van der Waals surface area (Å²) in [6, 6.07) is 8.79. The number of hydrogen-bond donors (Lipinski definition) is 2. The molecule has 23 heavy (non-hydrogen) atoms. The van der Waals surface area contributed by atoms with Gasteiger partial charge in [-0.25, -0.2) is 0 Å². The number of rotatable bonds is 9. The highest BCUT2D eigenvalue weighted by molar-refractivity contribution is 5.79. The van der Waals surface area contributed by atoms with Gasteiger partial charge in [0, 0.05) is 26.2 Å². The van der Waals surface area contributed by atoms with E-state index in [4.69, 9.17) is 4.74 Å². The van der Waals surface area contributed by atoms with Gasteiger partial charge in [-0.3, -0.25) is 4.99 Å². The van der Waals surface area contributed by atoms with Gasteiger partial charge >= 0.3 is 0 Å². The summed E-state index contributed by atoms with van der Waals surface area (Å²) in [5, 5.41) is 6.87. The molecule has 0 aromatic heterocycles. The Morgan fingerprint density at radius 3 is 2.43 bits per heavy atom. The quantitative estimate of drug-likeness (QED) is 0.539. The first-order valence-electron chi connectivity index (χ1n) is 8.68. The van der Waals surface area contributed by atoms with E-state index >= 15 is 0 Å². The number of nitrogens with zero attached hydrogens (tertiary/aromatic N) is 1. The molecule has 0 saturated carbocycles. The molecule has 1 rings (SSSR count). The van der Waals surface area contributed by atoms with Crippen molar-refractivity contribution in [1.82, 2.24) is 10.6 Å². The molecule has 0 radical (unpaired) electrons. The molecule has 0 aliphatic heterocycles. The van der Waals surface area contributed by atoms with Gasteiger partial charge in [-0.2, -0.15) is 0 Å². The van der Waals surface area contributed by atoms with Crippen molar-refractivity contribution in [2.24, 2.45) is 10.9 Å². The Bertz CT molecular complexity index is 471. The fourth-order valence-corrected chi connectivity index (χ4v) is 2.35. The van der Waals surface area contributed by atoms with Crippen LogP contribution >= 0.6 is 0 Å². The zero-order chi connectivity index (χ0) is 17.1. The van der Waals surface area contributed by atoms with Crippen molar-refractivity contribution in [2.75, 3.05) is 13.7 Å². The molecule has 0 bridgehead atoms. The highest BCUT2D eigenvalue weighted by Gasteiger charge is 2.07. The maximum Gasteiger partial charge on any atom is 0.191 e. The van der Waals surface area contributed by atoms with Crippen molar-refractivity contribution in [1.29, 1.82) is 0 Å². The van der Waals surface area contributed by atoms with Gasteiger partial charge in [-0.15, -0.1) is 0 Å². The highest BCUT2D eigenvalue weighted by atomic mass is 16.5. The lowest BCUT2D eigenvalue weighted by atomic mass is 10.0. The summed E-state index contributed by atoms with van der Waals surface area (Å²) in [7, 11) is 1.82. The summed E-state index contributed by atoms with van der Waals surface area (Å²) in [5.74, 6) is 1.59. The van der Waals surface area contributed by atoms with Gasteiger partial charge in [0.2, 0.25) is 0 Å². The zero-order valence-electron chi connectivity index (χ0n) is 15.4. The van der Waals surface area contributed by atoms with Crippen molar-refractivity contribution in [3.63, 3.8) is 0 Å². The molecule has 0 aliphatic rings. The lowest BCUT2D eigenvalue weighted by Crippen LogP contribution is -2.42. The van der Waals surface area contributed by atoms with Crippen molar-refractivity contribution in [3.8, 4) is 0 Å². The molecule has 0 spiro atoms. The second kappa shape index (κ2) is 11.1. The van der Waals surface area contributed by atoms with Gasteiger partial charge in [0.05, 0.1) is 6.61 Å². The van der Waals surface area contributed by atoms with Gasteiger partial charge in [-0.05, 0) is 43.7 Å². The Morgan fingerprint density at radius 1 is 1.13 bits per heavy atom. The minimum atomic E-state index is 0.419. The summed E-state index contributed by atoms with van der Waals surface area (Å²) in [6.07, 6.45) is 2.38. The van der Waals surface area contributed by atoms with Crippen LogP contribution in [-0.2, 0) is 17.9 Å². The molecular weight excluding hydrogens is 286 g/mol. The lowest BCUT2D eigenvalue weighted by molar-refractivity contribution is 0.133. The van der Waals surface area contributed by atoms with Crippen LogP contribution in [0.1, 0.15) is 51.7 Å². The molecule has 1 atom stereocenters. The largest absolute Gasteiger partial charge is 0.377 e. The smallest absolute Gasteiger partial charge is 0.191 e. The van der Waals surface area contributed by atoms with E-state index in [-0.39, 0.29) is 0 Å². The molecule has 0 heterocycles. The van der Waals surface area contributed by atoms with Gasteiger partial charge in [-0.1, -0.05) is 38.1 Å². The molecule has 0 saturated heterocycles. The Balaban J connectivity index is 2.51. The second-order valence-corrected chi connectivity index (χ2v) is 6.35. The van der Waals surface area contributed by atoms with Crippen molar-refractivity contribution in [3.05, 3.63) is 35.4 Å². The third-order valence-corrected chi connectivity index (χ3v) is 3.81. The molecule has 1 aromatic carbocycles. The van der Waals surface area contributed by atoms with Gasteiger partial charge < -0.3 is 15.4 Å². The second-order valence-electron chi connectivity index (χ2n) is 6.35. The number of benzene rings is 1. The fraction of sp³-hybridized carbons (Fsp3) is 0.632. The van der Waals surface area contributed by atoms with Crippen LogP contribution in [0.3, 0.4) is 0 Å². The third kappa shape index (κ3) is 8.03. The predicted molar refractivity (Wildman–Crippen MR) is 98.6 cm³/mol. The minimum Gasteiger partial charge on any atom is -0.377 e. The number of nitrogens with one attached hydrogen (secondary N) is 2. The third-order valence-electron chi connectivity index (χ3n) is 3.81. The van der Waals surface area contributed by atoms with E-state index < -0.39 is 0 Å². The molecule has 130 valence electrons. The molecule has 4 heteroatoms. The number of hydrogen-bond acceptors (Lipinski definition) is 2. The maximum absolute atomic E-state index is 5.54. The molecule has 0 amide bonds. The van der Waals surface area contributed by atoms with E-state index in [2.05, 4.69) is 60.7 Å². The highest BCUT2D eigenvalue weighted by Crippen LogP contribution is 2.10. The summed E-state index contributed by atoms with van der Waals surface area (Å²) in [6.45, 7) is 10.9. The van der Waals surface area contributed by atoms with E-state index in [1.54, 1.807) is 0 Å². The maximum atomic E-state index is 5.54. The van der Waals surface area contributed by atoms with Gasteiger partial charge in [0.25, 0.3) is 0 Å². The summed E-state index contributed by atoms with van der Waals surface area (Å²) >= 11 is 0. The molecule has 1 aromatic rings. The summed E-state index contributed by atoms with van der Waals surface area (Å²) in [4.78, 5) is 4.33. The van der Waals surface area contributed by atoms with E-state index in [9.17, 15) is 0 Å². The van der Waals surface area contributed by atoms with Gasteiger partial charge in [0.1, 0.15) is 0 Å². The normalized spacial score (nSPS) is 13.2. The molecule has 0 aliphatic carbocycles. The van der Waals surface area contributed by atoms with Crippen LogP contribution in [0.15, 0.2) is 29.3 Å². The Labute approximate surface area is 141 Å². The Hall–Kier alpha value is -1.55. The predicted octanol–water partition coefficient (Wildman–Crippen LogP) is 3.71. The average molecular weight is 319 g/mol. The number of ether oxygens (including phenoxy) is 1. The van der Waals surface area contributed by atoms with Crippen LogP contribution in [0.4, 0.5) is 0 Å². The molecule has 1 unspecified atom stereocenters. The van der Waals surface area contributed by atoms with E-state index in [0.29, 0.717) is 12.6 Å². The number of guanidine groups is 1. The van der Waals surface area contributed by atoms with Crippen LogP contribution < -0.4 is 10.6 Å². The van der Waals surface area contributed by atoms with Crippen molar-refractivity contribution in [2.45, 2.75) is 59.7 Å². The topological polar surface area (TPSA) is 45.6 Å². The zero-order valence-corrected chi connectivity index (χ0v) is 15.4. The van der Waals surface area contributed by atoms with E-state index in [1.807, 2.05) is 14.0 Å². The molecule has 4 nitrogen and oxygen atoms in total. The molecular formula is C19H33N3O. The average Bonchev–Trinajstić information content (AvgIpc) is 2.55. The van der Waals surface area contributed by atoms with Crippen molar-refractivity contribution >= 4 is 5.96 Å².